The zero-order valence-corrected chi connectivity index (χ0v) is 16.8. The molecule has 31 heavy (non-hydrogen) atoms. The number of carbonyl (C=O) groups excluding carboxylic acids is 1. The number of aromatic nitrogens is 2. The fraction of sp³-hybridized carbons (Fsp3) is 0.278. The fourth-order valence-corrected chi connectivity index (χ4v) is 3.44. The first-order valence-electron chi connectivity index (χ1n) is 8.68. The van der Waals surface area contributed by atoms with E-state index in [4.69, 9.17) is 9.47 Å². The van der Waals surface area contributed by atoms with Gasteiger partial charge in [-0.2, -0.15) is 8.78 Å². The molecule has 0 bridgehead atoms. The molecule has 0 amide bonds. The molecule has 0 N–H and O–H groups in total. The van der Waals surface area contributed by atoms with Crippen molar-refractivity contribution in [2.24, 2.45) is 0 Å². The standard InChI is InChI=1S/C18H15F2N3O7S/c1-28-13-6-10(12(23(26)27)7-14(13)30-18(19)20)8-29-15(24)2-4-22-9-21-16-11(17(22)25)3-5-31-16/h3,5-7,9,18H,2,4,8H2,1H3. The lowest BCUT2D eigenvalue weighted by Gasteiger charge is -2.12. The van der Waals surface area contributed by atoms with E-state index in [1.165, 1.54) is 29.3 Å². The maximum absolute atomic E-state index is 12.5. The second-order valence-corrected chi connectivity index (χ2v) is 6.96. The number of rotatable bonds is 9. The highest BCUT2D eigenvalue weighted by atomic mass is 32.1. The van der Waals surface area contributed by atoms with Gasteiger partial charge in [0.15, 0.2) is 11.5 Å². The van der Waals surface area contributed by atoms with Crippen molar-refractivity contribution in [1.82, 2.24) is 9.55 Å². The van der Waals surface area contributed by atoms with Crippen molar-refractivity contribution in [2.45, 2.75) is 26.2 Å². The number of nitrogens with zero attached hydrogens (tertiary/aromatic N) is 3. The number of halogens is 2. The van der Waals surface area contributed by atoms with E-state index in [1.807, 2.05) is 0 Å². The molecular weight excluding hydrogens is 440 g/mol. The van der Waals surface area contributed by atoms with E-state index < -0.39 is 35.5 Å². The molecule has 0 unspecified atom stereocenters. The van der Waals surface area contributed by atoms with Crippen LogP contribution in [-0.2, 0) is 22.7 Å². The molecule has 0 saturated carbocycles. The number of carbonyl (C=O) groups is 1. The minimum Gasteiger partial charge on any atom is -0.493 e. The number of alkyl halides is 2. The molecule has 13 heteroatoms. The van der Waals surface area contributed by atoms with E-state index in [0.29, 0.717) is 10.2 Å². The second-order valence-electron chi connectivity index (χ2n) is 6.06. The van der Waals surface area contributed by atoms with Gasteiger partial charge in [0.25, 0.3) is 11.2 Å². The van der Waals surface area contributed by atoms with Gasteiger partial charge in [-0.3, -0.25) is 24.3 Å². The Morgan fingerprint density at radius 2 is 2.13 bits per heavy atom. The fourth-order valence-electron chi connectivity index (χ4n) is 2.72. The summed E-state index contributed by atoms with van der Waals surface area (Å²) in [5.41, 5.74) is -0.947. The van der Waals surface area contributed by atoms with Gasteiger partial charge in [-0.15, -0.1) is 11.3 Å². The number of hydrogen-bond donors (Lipinski definition) is 0. The third kappa shape index (κ3) is 5.12. The predicted molar refractivity (Wildman–Crippen MR) is 105 cm³/mol. The van der Waals surface area contributed by atoms with E-state index in [-0.39, 0.29) is 29.8 Å². The van der Waals surface area contributed by atoms with Crippen molar-refractivity contribution >= 4 is 33.2 Å². The van der Waals surface area contributed by atoms with Crippen LogP contribution >= 0.6 is 11.3 Å². The van der Waals surface area contributed by atoms with Crippen LogP contribution in [0.15, 0.2) is 34.7 Å². The Balaban J connectivity index is 1.69. The van der Waals surface area contributed by atoms with Gasteiger partial charge in [0.2, 0.25) is 0 Å². The first-order chi connectivity index (χ1) is 14.8. The summed E-state index contributed by atoms with van der Waals surface area (Å²) >= 11 is 1.32. The number of nitro benzene ring substituents is 1. The number of thiophene rings is 1. The first-order valence-corrected chi connectivity index (χ1v) is 9.56. The topological polar surface area (TPSA) is 123 Å². The molecular formula is C18H15F2N3O7S. The number of nitro groups is 1. The van der Waals surface area contributed by atoms with Gasteiger partial charge in [-0.05, 0) is 17.5 Å². The average molecular weight is 455 g/mol. The van der Waals surface area contributed by atoms with E-state index in [2.05, 4.69) is 9.72 Å². The van der Waals surface area contributed by atoms with Gasteiger partial charge < -0.3 is 14.2 Å². The van der Waals surface area contributed by atoms with E-state index in [0.717, 1.165) is 12.1 Å². The van der Waals surface area contributed by atoms with Gasteiger partial charge in [0, 0.05) is 6.54 Å². The second kappa shape index (κ2) is 9.47. The molecule has 0 aliphatic rings. The molecule has 0 atom stereocenters. The van der Waals surface area contributed by atoms with Crippen LogP contribution in [0.2, 0.25) is 0 Å². The largest absolute Gasteiger partial charge is 0.493 e. The van der Waals surface area contributed by atoms with Crippen LogP contribution in [0.25, 0.3) is 10.2 Å². The zero-order chi connectivity index (χ0) is 22.5. The lowest BCUT2D eigenvalue weighted by molar-refractivity contribution is -0.386. The molecule has 0 aliphatic carbocycles. The molecule has 2 heterocycles. The Morgan fingerprint density at radius 1 is 1.35 bits per heavy atom. The summed E-state index contributed by atoms with van der Waals surface area (Å²) in [4.78, 5) is 39.6. The van der Waals surface area contributed by atoms with Crippen LogP contribution in [0.4, 0.5) is 14.5 Å². The number of methoxy groups -OCH3 is 1. The van der Waals surface area contributed by atoms with E-state index >= 15 is 0 Å². The Labute approximate surface area is 176 Å². The minimum atomic E-state index is -3.21. The predicted octanol–water partition coefficient (Wildman–Crippen LogP) is 3.11. The van der Waals surface area contributed by atoms with Crippen LogP contribution in [0.5, 0.6) is 11.5 Å². The van der Waals surface area contributed by atoms with E-state index in [9.17, 15) is 28.5 Å². The summed E-state index contributed by atoms with van der Waals surface area (Å²) in [7, 11) is 1.17. The third-order valence-corrected chi connectivity index (χ3v) is 4.99. The van der Waals surface area contributed by atoms with Crippen LogP contribution in [0.1, 0.15) is 12.0 Å². The minimum absolute atomic E-state index is 0.00301. The van der Waals surface area contributed by atoms with Crippen molar-refractivity contribution in [3.63, 3.8) is 0 Å². The zero-order valence-electron chi connectivity index (χ0n) is 15.9. The van der Waals surface area contributed by atoms with Crippen LogP contribution in [0, 0.1) is 10.1 Å². The summed E-state index contributed by atoms with van der Waals surface area (Å²) in [5.74, 6) is -1.42. The highest BCUT2D eigenvalue weighted by Gasteiger charge is 2.22. The molecule has 0 spiro atoms. The van der Waals surface area contributed by atoms with Crippen molar-refractivity contribution in [1.29, 1.82) is 0 Å². The Hall–Kier alpha value is -3.61. The van der Waals surface area contributed by atoms with Gasteiger partial charge in [0.05, 0.1) is 41.8 Å². The van der Waals surface area contributed by atoms with Crippen molar-refractivity contribution in [2.75, 3.05) is 7.11 Å². The summed E-state index contributed by atoms with van der Waals surface area (Å²) < 4.78 is 40.4. The number of esters is 1. The monoisotopic (exact) mass is 455 g/mol. The Bertz CT molecular complexity index is 1180. The molecule has 0 radical (unpaired) electrons. The van der Waals surface area contributed by atoms with Crippen molar-refractivity contribution in [3.05, 3.63) is 55.9 Å². The lowest BCUT2D eigenvalue weighted by Crippen LogP contribution is -2.22. The van der Waals surface area contributed by atoms with Gasteiger partial charge in [-0.25, -0.2) is 4.98 Å². The molecule has 3 aromatic rings. The van der Waals surface area contributed by atoms with Crippen molar-refractivity contribution < 1.29 is 32.7 Å². The van der Waals surface area contributed by atoms with Crippen molar-refractivity contribution in [3.8, 4) is 11.5 Å². The van der Waals surface area contributed by atoms with Gasteiger partial charge in [-0.1, -0.05) is 0 Å². The number of aryl methyl sites for hydroxylation is 1. The molecule has 3 rings (SSSR count). The molecule has 0 fully saturated rings. The van der Waals surface area contributed by atoms with Gasteiger partial charge >= 0.3 is 12.6 Å². The average Bonchev–Trinajstić information content (AvgIpc) is 3.21. The lowest BCUT2D eigenvalue weighted by atomic mass is 10.1. The molecule has 2 aromatic heterocycles. The molecule has 0 aliphatic heterocycles. The number of ether oxygens (including phenoxy) is 3. The SMILES string of the molecule is COc1cc(COC(=O)CCn2cnc3sccc3c2=O)c([N+](=O)[O-])cc1OC(F)F. The quantitative estimate of drug-likeness (QED) is 0.274. The summed E-state index contributed by atoms with van der Waals surface area (Å²) in [6, 6.07) is 3.50. The summed E-state index contributed by atoms with van der Waals surface area (Å²) in [5, 5.41) is 13.4. The van der Waals surface area contributed by atoms with E-state index in [1.54, 1.807) is 11.4 Å². The Kier molecular flexibility index (Phi) is 6.74. The Morgan fingerprint density at radius 3 is 2.81 bits per heavy atom. The maximum atomic E-state index is 12.5. The smallest absolute Gasteiger partial charge is 0.387 e. The maximum Gasteiger partial charge on any atom is 0.387 e. The van der Waals surface area contributed by atoms with Gasteiger partial charge in [0.1, 0.15) is 11.4 Å². The number of hydrogen-bond acceptors (Lipinski definition) is 9. The van der Waals surface area contributed by atoms with Crippen LogP contribution in [0.3, 0.4) is 0 Å². The van der Waals surface area contributed by atoms with Crippen LogP contribution < -0.4 is 15.0 Å². The normalized spacial score (nSPS) is 11.0. The molecule has 164 valence electrons. The third-order valence-electron chi connectivity index (χ3n) is 4.17. The molecule has 0 saturated heterocycles. The number of benzene rings is 1. The molecule has 1 aromatic carbocycles. The highest BCUT2D eigenvalue weighted by molar-refractivity contribution is 7.16. The highest BCUT2D eigenvalue weighted by Crippen LogP contribution is 2.36. The summed E-state index contributed by atoms with van der Waals surface area (Å²) in [6.07, 6.45) is 1.14. The number of fused-ring (bicyclic) bond motifs is 1. The first kappa shape index (κ1) is 22.1. The molecule has 10 nitrogen and oxygen atoms in total. The van der Waals surface area contributed by atoms with Crippen LogP contribution in [-0.4, -0.2) is 34.2 Å². The summed E-state index contributed by atoms with van der Waals surface area (Å²) in [6.45, 7) is -3.70.